The largest absolute Gasteiger partial charge is 0.497 e. The smallest absolute Gasteiger partial charge is 0.222 e. The van der Waals surface area contributed by atoms with Crippen molar-refractivity contribution in [1.29, 1.82) is 0 Å². The SMILES string of the molecule is COc1ccc(CN2C[C@H](C(N)=O)[C@@H](c3ccccc3)C2)c(C)c1. The van der Waals surface area contributed by atoms with Gasteiger partial charge < -0.3 is 10.5 Å². The topological polar surface area (TPSA) is 55.6 Å². The summed E-state index contributed by atoms with van der Waals surface area (Å²) in [5, 5.41) is 0. The Bertz CT molecular complexity index is 715. The van der Waals surface area contributed by atoms with Crippen LogP contribution in [0.15, 0.2) is 48.5 Å². The summed E-state index contributed by atoms with van der Waals surface area (Å²) in [4.78, 5) is 14.2. The number of nitrogens with two attached hydrogens (primary N) is 1. The van der Waals surface area contributed by atoms with E-state index in [-0.39, 0.29) is 17.7 Å². The van der Waals surface area contributed by atoms with E-state index >= 15 is 0 Å². The Hall–Kier alpha value is -2.33. The molecule has 1 aliphatic rings. The Morgan fingerprint density at radius 2 is 1.96 bits per heavy atom. The van der Waals surface area contributed by atoms with Gasteiger partial charge in [-0.15, -0.1) is 0 Å². The third-order valence-corrected chi connectivity index (χ3v) is 4.93. The Labute approximate surface area is 143 Å². The molecule has 0 aliphatic carbocycles. The molecule has 1 heterocycles. The van der Waals surface area contributed by atoms with E-state index in [4.69, 9.17) is 10.5 Å². The molecule has 126 valence electrons. The number of amides is 1. The van der Waals surface area contributed by atoms with Gasteiger partial charge in [-0.2, -0.15) is 0 Å². The van der Waals surface area contributed by atoms with E-state index in [1.807, 2.05) is 30.3 Å². The number of carbonyl (C=O) groups is 1. The van der Waals surface area contributed by atoms with Crippen LogP contribution >= 0.6 is 0 Å². The van der Waals surface area contributed by atoms with Gasteiger partial charge in [-0.3, -0.25) is 9.69 Å². The summed E-state index contributed by atoms with van der Waals surface area (Å²) in [7, 11) is 1.68. The molecule has 0 spiro atoms. The Balaban J connectivity index is 1.77. The third-order valence-electron chi connectivity index (χ3n) is 4.93. The first kappa shape index (κ1) is 16.5. The number of nitrogens with zero attached hydrogens (tertiary/aromatic N) is 1. The number of likely N-dealkylation sites (tertiary alicyclic amines) is 1. The molecule has 2 atom stereocenters. The van der Waals surface area contributed by atoms with E-state index in [2.05, 4.69) is 30.0 Å². The minimum absolute atomic E-state index is 0.133. The lowest BCUT2D eigenvalue weighted by molar-refractivity contribution is -0.121. The van der Waals surface area contributed by atoms with E-state index in [1.165, 1.54) is 16.7 Å². The maximum atomic E-state index is 11.9. The summed E-state index contributed by atoms with van der Waals surface area (Å²) in [5.41, 5.74) is 9.32. The average molecular weight is 324 g/mol. The van der Waals surface area contributed by atoms with Crippen molar-refractivity contribution < 1.29 is 9.53 Å². The lowest BCUT2D eigenvalue weighted by atomic mass is 9.89. The number of carbonyl (C=O) groups excluding carboxylic acids is 1. The molecule has 4 heteroatoms. The molecule has 0 saturated carbocycles. The highest BCUT2D eigenvalue weighted by Crippen LogP contribution is 2.33. The first-order valence-corrected chi connectivity index (χ1v) is 8.28. The van der Waals surface area contributed by atoms with E-state index in [9.17, 15) is 4.79 Å². The van der Waals surface area contributed by atoms with Gasteiger partial charge in [0.1, 0.15) is 5.75 Å². The zero-order valence-electron chi connectivity index (χ0n) is 14.2. The van der Waals surface area contributed by atoms with Crippen LogP contribution in [0.2, 0.25) is 0 Å². The Morgan fingerprint density at radius 3 is 2.58 bits per heavy atom. The molecule has 4 nitrogen and oxygen atoms in total. The van der Waals surface area contributed by atoms with Crippen molar-refractivity contribution >= 4 is 5.91 Å². The number of hydrogen-bond donors (Lipinski definition) is 1. The third kappa shape index (κ3) is 3.44. The molecule has 1 saturated heterocycles. The van der Waals surface area contributed by atoms with Crippen LogP contribution < -0.4 is 10.5 Å². The molecular formula is C20H24N2O2. The van der Waals surface area contributed by atoms with E-state index in [0.29, 0.717) is 6.54 Å². The summed E-state index contributed by atoms with van der Waals surface area (Å²) in [6.45, 7) is 4.47. The molecule has 1 aliphatic heterocycles. The highest BCUT2D eigenvalue weighted by Gasteiger charge is 2.37. The fourth-order valence-corrected chi connectivity index (χ4v) is 3.55. The highest BCUT2D eigenvalue weighted by molar-refractivity contribution is 5.78. The van der Waals surface area contributed by atoms with Crippen LogP contribution in [0.4, 0.5) is 0 Å². The Morgan fingerprint density at radius 1 is 1.21 bits per heavy atom. The number of rotatable bonds is 5. The van der Waals surface area contributed by atoms with Crippen LogP contribution in [0.5, 0.6) is 5.75 Å². The van der Waals surface area contributed by atoms with Crippen LogP contribution in [-0.4, -0.2) is 31.0 Å². The number of aryl methyl sites for hydroxylation is 1. The maximum Gasteiger partial charge on any atom is 0.222 e. The molecule has 2 aromatic carbocycles. The van der Waals surface area contributed by atoms with Crippen LogP contribution in [0, 0.1) is 12.8 Å². The predicted octanol–water partition coefficient (Wildman–Crippen LogP) is 2.70. The predicted molar refractivity (Wildman–Crippen MR) is 94.9 cm³/mol. The molecule has 0 radical (unpaired) electrons. The molecule has 0 unspecified atom stereocenters. The van der Waals surface area contributed by atoms with Crippen molar-refractivity contribution in [2.24, 2.45) is 11.7 Å². The van der Waals surface area contributed by atoms with Gasteiger partial charge in [-0.05, 0) is 35.7 Å². The molecule has 1 fully saturated rings. The number of methoxy groups -OCH3 is 1. The van der Waals surface area contributed by atoms with Crippen LogP contribution in [0.1, 0.15) is 22.6 Å². The first-order valence-electron chi connectivity index (χ1n) is 8.28. The quantitative estimate of drug-likeness (QED) is 0.920. The number of primary amides is 1. The number of benzene rings is 2. The van der Waals surface area contributed by atoms with Gasteiger partial charge in [0.25, 0.3) is 0 Å². The van der Waals surface area contributed by atoms with Gasteiger partial charge in [0.05, 0.1) is 13.0 Å². The molecule has 1 amide bonds. The van der Waals surface area contributed by atoms with Gasteiger partial charge >= 0.3 is 0 Å². The van der Waals surface area contributed by atoms with E-state index < -0.39 is 0 Å². The van der Waals surface area contributed by atoms with Gasteiger partial charge in [-0.25, -0.2) is 0 Å². The summed E-state index contributed by atoms with van der Waals surface area (Å²) in [5.74, 6) is 0.695. The molecule has 2 N–H and O–H groups in total. The lowest BCUT2D eigenvalue weighted by Gasteiger charge is -2.18. The van der Waals surface area contributed by atoms with Gasteiger partial charge in [-0.1, -0.05) is 36.4 Å². The molecule has 3 rings (SSSR count). The Kier molecular flexibility index (Phi) is 4.86. The second-order valence-electron chi connectivity index (χ2n) is 6.51. The summed E-state index contributed by atoms with van der Waals surface area (Å²) in [6, 6.07) is 16.3. The molecule has 0 aromatic heterocycles. The maximum absolute atomic E-state index is 11.9. The van der Waals surface area contributed by atoms with Gasteiger partial charge in [0.2, 0.25) is 5.91 Å². The van der Waals surface area contributed by atoms with Crippen LogP contribution in [-0.2, 0) is 11.3 Å². The van der Waals surface area contributed by atoms with E-state index in [0.717, 1.165) is 18.8 Å². The minimum Gasteiger partial charge on any atom is -0.497 e. The lowest BCUT2D eigenvalue weighted by Crippen LogP contribution is -2.29. The summed E-state index contributed by atoms with van der Waals surface area (Å²) in [6.07, 6.45) is 0. The standard InChI is InChI=1S/C20H24N2O2/c1-14-10-17(24-2)9-8-16(14)11-22-12-18(19(13-22)20(21)23)15-6-4-3-5-7-15/h3-10,18-19H,11-13H2,1-2H3,(H2,21,23)/t18-,19+/m1/s1. The number of ether oxygens (including phenoxy) is 1. The van der Waals surface area contributed by atoms with Crippen molar-refractivity contribution in [2.45, 2.75) is 19.4 Å². The van der Waals surface area contributed by atoms with Crippen LogP contribution in [0.3, 0.4) is 0 Å². The molecule has 24 heavy (non-hydrogen) atoms. The van der Waals surface area contributed by atoms with Gasteiger partial charge in [0.15, 0.2) is 0 Å². The summed E-state index contributed by atoms with van der Waals surface area (Å²) < 4.78 is 5.27. The zero-order valence-corrected chi connectivity index (χ0v) is 14.2. The van der Waals surface area contributed by atoms with Crippen molar-refractivity contribution in [3.63, 3.8) is 0 Å². The fourth-order valence-electron chi connectivity index (χ4n) is 3.55. The average Bonchev–Trinajstić information content (AvgIpc) is 3.02. The van der Waals surface area contributed by atoms with Crippen molar-refractivity contribution in [1.82, 2.24) is 4.90 Å². The van der Waals surface area contributed by atoms with Gasteiger partial charge in [0, 0.05) is 25.6 Å². The molecule has 0 bridgehead atoms. The number of hydrogen-bond acceptors (Lipinski definition) is 3. The van der Waals surface area contributed by atoms with Crippen molar-refractivity contribution in [2.75, 3.05) is 20.2 Å². The highest BCUT2D eigenvalue weighted by atomic mass is 16.5. The normalized spacial score (nSPS) is 20.9. The summed E-state index contributed by atoms with van der Waals surface area (Å²) >= 11 is 0. The molecular weight excluding hydrogens is 300 g/mol. The molecule has 2 aromatic rings. The van der Waals surface area contributed by atoms with Crippen LogP contribution in [0.25, 0.3) is 0 Å². The minimum atomic E-state index is -0.210. The monoisotopic (exact) mass is 324 g/mol. The second-order valence-corrected chi connectivity index (χ2v) is 6.51. The first-order chi connectivity index (χ1) is 11.6. The zero-order chi connectivity index (χ0) is 17.1. The van der Waals surface area contributed by atoms with Crippen molar-refractivity contribution in [3.05, 3.63) is 65.2 Å². The second kappa shape index (κ2) is 7.05. The fraction of sp³-hybridized carbons (Fsp3) is 0.350. The van der Waals surface area contributed by atoms with E-state index in [1.54, 1.807) is 7.11 Å². The van der Waals surface area contributed by atoms with Crippen molar-refractivity contribution in [3.8, 4) is 5.75 Å².